The predicted molar refractivity (Wildman–Crippen MR) is 109 cm³/mol. The molecule has 0 aromatic rings. The first kappa shape index (κ1) is 20.7. The number of aliphatic hydroxyl groups excluding tert-OH is 2. The highest BCUT2D eigenvalue weighted by molar-refractivity contribution is 5.66. The Morgan fingerprint density at radius 2 is 1.64 bits per heavy atom. The van der Waals surface area contributed by atoms with Crippen LogP contribution in [0.4, 0.5) is 0 Å². The van der Waals surface area contributed by atoms with Gasteiger partial charge in [-0.25, -0.2) is 0 Å². The summed E-state index contributed by atoms with van der Waals surface area (Å²) in [7, 11) is 0. The maximum absolute atomic E-state index is 11.1. The Labute approximate surface area is 170 Å². The molecule has 0 aliphatic heterocycles. The number of aliphatic carboxylic acids is 1. The number of hydrogen-bond donors (Lipinski definition) is 3. The summed E-state index contributed by atoms with van der Waals surface area (Å²) in [5, 5.41) is 30.4. The molecule has 160 valence electrons. The molecule has 0 aromatic carbocycles. The van der Waals surface area contributed by atoms with E-state index in [0.29, 0.717) is 35.0 Å². The summed E-state index contributed by atoms with van der Waals surface area (Å²) < 4.78 is 0. The van der Waals surface area contributed by atoms with Crippen LogP contribution in [0.1, 0.15) is 85.0 Å². The lowest BCUT2D eigenvalue weighted by molar-refractivity contribution is -0.172. The highest BCUT2D eigenvalue weighted by atomic mass is 16.4. The zero-order chi connectivity index (χ0) is 20.3. The fourth-order valence-electron chi connectivity index (χ4n) is 8.81. The quantitative estimate of drug-likeness (QED) is 0.659. The molecule has 0 radical (unpaired) electrons. The molecule has 4 nitrogen and oxygen atoms in total. The molecule has 0 saturated heterocycles. The fourth-order valence-corrected chi connectivity index (χ4v) is 8.81. The summed E-state index contributed by atoms with van der Waals surface area (Å²) in [6.45, 7) is 7.16. The van der Waals surface area contributed by atoms with Gasteiger partial charge >= 0.3 is 5.97 Å². The second kappa shape index (κ2) is 7.27. The van der Waals surface area contributed by atoms with Crippen molar-refractivity contribution in [1.29, 1.82) is 0 Å². The maximum Gasteiger partial charge on any atom is 0.303 e. The molecule has 4 fully saturated rings. The van der Waals surface area contributed by atoms with E-state index in [1.54, 1.807) is 0 Å². The number of fused-ring (bicyclic) bond motifs is 5. The molecule has 4 saturated carbocycles. The van der Waals surface area contributed by atoms with Crippen LogP contribution in [0.5, 0.6) is 0 Å². The Hall–Kier alpha value is -0.610. The molecule has 28 heavy (non-hydrogen) atoms. The van der Waals surface area contributed by atoms with Gasteiger partial charge in [-0.1, -0.05) is 20.8 Å². The number of carboxylic acid groups (broad SMARTS) is 1. The molecule has 0 aromatic heterocycles. The lowest BCUT2D eigenvalue weighted by Crippen LogP contribution is -2.58. The van der Waals surface area contributed by atoms with Crippen LogP contribution in [0.2, 0.25) is 0 Å². The van der Waals surface area contributed by atoms with E-state index in [1.165, 1.54) is 25.7 Å². The number of carboxylic acids is 1. The third-order valence-corrected chi connectivity index (χ3v) is 10.2. The van der Waals surface area contributed by atoms with Crippen LogP contribution >= 0.6 is 0 Å². The molecule has 7 unspecified atom stereocenters. The number of hydrogen-bond acceptors (Lipinski definition) is 3. The minimum absolute atomic E-state index is 0.176. The van der Waals surface area contributed by atoms with Crippen molar-refractivity contribution in [2.45, 2.75) is 97.2 Å². The Balaban J connectivity index is 1.55. The Bertz CT molecular complexity index is 605. The molecular weight excluding hydrogens is 352 g/mol. The fraction of sp³-hybridized carbons (Fsp3) is 0.958. The van der Waals surface area contributed by atoms with Crippen LogP contribution in [0.3, 0.4) is 0 Å². The van der Waals surface area contributed by atoms with Gasteiger partial charge in [0, 0.05) is 6.42 Å². The van der Waals surface area contributed by atoms with E-state index in [2.05, 4.69) is 20.8 Å². The van der Waals surface area contributed by atoms with Crippen LogP contribution in [-0.2, 0) is 4.79 Å². The lowest BCUT2D eigenvalue weighted by atomic mass is 9.44. The number of carbonyl (C=O) groups is 1. The molecule has 10 atom stereocenters. The van der Waals surface area contributed by atoms with Gasteiger partial charge in [0.25, 0.3) is 0 Å². The zero-order valence-electron chi connectivity index (χ0n) is 17.9. The zero-order valence-corrected chi connectivity index (χ0v) is 17.9. The van der Waals surface area contributed by atoms with Crippen molar-refractivity contribution >= 4 is 5.97 Å². The van der Waals surface area contributed by atoms with Crippen molar-refractivity contribution in [2.24, 2.45) is 46.3 Å². The van der Waals surface area contributed by atoms with E-state index in [0.717, 1.165) is 32.1 Å². The second-order valence-electron chi connectivity index (χ2n) is 11.4. The van der Waals surface area contributed by atoms with Gasteiger partial charge in [-0.2, -0.15) is 0 Å². The highest BCUT2D eigenvalue weighted by Crippen LogP contribution is 2.68. The monoisotopic (exact) mass is 392 g/mol. The van der Waals surface area contributed by atoms with Crippen LogP contribution < -0.4 is 0 Å². The SMILES string of the molecule is CC(CCC(=O)O)C1CCC2C3CC(O)[C@@H]4CC(O)CC[C@]4(C)C3CC[C@@]12C. The van der Waals surface area contributed by atoms with Crippen LogP contribution in [0.25, 0.3) is 0 Å². The van der Waals surface area contributed by atoms with Crippen molar-refractivity contribution in [3.05, 3.63) is 0 Å². The van der Waals surface area contributed by atoms with Gasteiger partial charge in [-0.15, -0.1) is 0 Å². The van der Waals surface area contributed by atoms with Gasteiger partial charge in [0.2, 0.25) is 0 Å². The second-order valence-corrected chi connectivity index (χ2v) is 11.4. The molecule has 0 spiro atoms. The van der Waals surface area contributed by atoms with Crippen molar-refractivity contribution in [2.75, 3.05) is 0 Å². The van der Waals surface area contributed by atoms with Gasteiger partial charge in [0.05, 0.1) is 12.2 Å². The summed E-state index contributed by atoms with van der Waals surface area (Å²) in [4.78, 5) is 11.1. The summed E-state index contributed by atoms with van der Waals surface area (Å²) in [6.07, 6.45) is 9.16. The van der Waals surface area contributed by atoms with Crippen molar-refractivity contribution in [3.8, 4) is 0 Å². The minimum atomic E-state index is -0.677. The van der Waals surface area contributed by atoms with E-state index >= 15 is 0 Å². The molecular formula is C24H40O4. The van der Waals surface area contributed by atoms with E-state index in [1.807, 2.05) is 0 Å². The van der Waals surface area contributed by atoms with Gasteiger partial charge in [0.1, 0.15) is 0 Å². The normalized spacial score (nSPS) is 51.7. The molecule has 0 bridgehead atoms. The van der Waals surface area contributed by atoms with E-state index in [9.17, 15) is 15.0 Å². The first-order chi connectivity index (χ1) is 13.2. The van der Waals surface area contributed by atoms with Gasteiger partial charge < -0.3 is 15.3 Å². The maximum atomic E-state index is 11.1. The smallest absolute Gasteiger partial charge is 0.303 e. The van der Waals surface area contributed by atoms with Gasteiger partial charge in [-0.05, 0) is 104 Å². The average molecular weight is 393 g/mol. The first-order valence-electron chi connectivity index (χ1n) is 11.7. The summed E-state index contributed by atoms with van der Waals surface area (Å²) in [5.41, 5.74) is 0.478. The Kier molecular flexibility index (Phi) is 5.36. The molecule has 0 amide bonds. The third kappa shape index (κ3) is 3.14. The Morgan fingerprint density at radius 1 is 0.964 bits per heavy atom. The van der Waals surface area contributed by atoms with Crippen LogP contribution in [0.15, 0.2) is 0 Å². The highest BCUT2D eigenvalue weighted by Gasteiger charge is 2.62. The van der Waals surface area contributed by atoms with Crippen LogP contribution in [0, 0.1) is 46.3 Å². The van der Waals surface area contributed by atoms with Crippen LogP contribution in [-0.4, -0.2) is 33.5 Å². The van der Waals surface area contributed by atoms with E-state index in [-0.39, 0.29) is 30.0 Å². The molecule has 4 heteroatoms. The van der Waals surface area contributed by atoms with Gasteiger partial charge in [0.15, 0.2) is 0 Å². The first-order valence-corrected chi connectivity index (χ1v) is 11.7. The van der Waals surface area contributed by atoms with Crippen molar-refractivity contribution < 1.29 is 20.1 Å². The lowest BCUT2D eigenvalue weighted by Gasteiger charge is -2.62. The summed E-state index contributed by atoms with van der Waals surface area (Å²) in [6, 6.07) is 0. The van der Waals surface area contributed by atoms with Crippen molar-refractivity contribution in [3.63, 3.8) is 0 Å². The average Bonchev–Trinajstić information content (AvgIpc) is 2.99. The third-order valence-electron chi connectivity index (χ3n) is 10.2. The summed E-state index contributed by atoms with van der Waals surface area (Å²) >= 11 is 0. The predicted octanol–water partition coefficient (Wildman–Crippen LogP) is 4.48. The topological polar surface area (TPSA) is 77.8 Å². The minimum Gasteiger partial charge on any atom is -0.481 e. The molecule has 4 aliphatic carbocycles. The molecule has 0 heterocycles. The van der Waals surface area contributed by atoms with Crippen molar-refractivity contribution in [1.82, 2.24) is 0 Å². The molecule has 4 aliphatic rings. The van der Waals surface area contributed by atoms with E-state index < -0.39 is 5.97 Å². The number of rotatable bonds is 4. The standard InChI is InChI=1S/C24H40O4/c1-14(4-7-22(27)28)17-5-6-18-16-13-21(26)20-12-15(25)8-10-24(20,3)19(16)9-11-23(17,18)2/h14-21,25-26H,4-13H2,1-3H3,(H,27,28)/t14?,15?,16?,17?,18?,19?,20-,21?,23-,24+/m0/s1. The summed E-state index contributed by atoms with van der Waals surface area (Å²) in [5.74, 6) is 2.61. The molecule has 4 rings (SSSR count). The van der Waals surface area contributed by atoms with E-state index in [4.69, 9.17) is 5.11 Å². The van der Waals surface area contributed by atoms with Gasteiger partial charge in [-0.3, -0.25) is 4.79 Å². The Morgan fingerprint density at radius 3 is 2.36 bits per heavy atom. The number of aliphatic hydroxyl groups is 2. The molecule has 3 N–H and O–H groups in total. The largest absolute Gasteiger partial charge is 0.481 e.